The zero-order valence-corrected chi connectivity index (χ0v) is 15.6. The molecule has 0 aromatic heterocycles. The highest BCUT2D eigenvalue weighted by Crippen LogP contribution is 2.16. The van der Waals surface area contributed by atoms with E-state index in [1.54, 1.807) is 36.2 Å². The number of benzene rings is 3. The average Bonchev–Trinajstić information content (AvgIpc) is 2.75. The summed E-state index contributed by atoms with van der Waals surface area (Å²) in [5.41, 5.74) is 5.44. The molecule has 1 amide bonds. The van der Waals surface area contributed by atoms with Crippen molar-refractivity contribution in [1.82, 2.24) is 5.43 Å². The number of carbonyl (C=O) groups is 1. The molecule has 0 radical (unpaired) electrons. The van der Waals surface area contributed by atoms with E-state index < -0.39 is 6.10 Å². The van der Waals surface area contributed by atoms with Crippen LogP contribution in [0.15, 0.2) is 84.9 Å². The lowest BCUT2D eigenvalue weighted by molar-refractivity contribution is -0.127. The molecule has 3 aromatic carbocycles. The molecule has 0 saturated heterocycles. The van der Waals surface area contributed by atoms with Crippen molar-refractivity contribution >= 4 is 11.6 Å². The van der Waals surface area contributed by atoms with Crippen molar-refractivity contribution in [3.05, 3.63) is 96.1 Å². The van der Waals surface area contributed by atoms with Crippen molar-refractivity contribution in [2.75, 3.05) is 5.01 Å². The highest BCUT2D eigenvalue weighted by molar-refractivity contribution is 5.82. The Kier molecular flexibility index (Phi) is 6.27. The van der Waals surface area contributed by atoms with Crippen LogP contribution in [0.3, 0.4) is 0 Å². The molecule has 3 rings (SSSR count). The Morgan fingerprint density at radius 3 is 2.21 bits per heavy atom. The first-order valence-corrected chi connectivity index (χ1v) is 8.99. The fraction of sp³-hybridized carbons (Fsp3) is 0.130. The van der Waals surface area contributed by atoms with E-state index >= 15 is 0 Å². The highest BCUT2D eigenvalue weighted by Gasteiger charge is 2.18. The number of rotatable bonds is 7. The minimum absolute atomic E-state index is 0.260. The van der Waals surface area contributed by atoms with Gasteiger partial charge in [0, 0.05) is 0 Å². The maximum Gasteiger partial charge on any atom is 0.279 e. The monoisotopic (exact) mass is 371 g/mol. The molecule has 5 nitrogen and oxygen atoms in total. The van der Waals surface area contributed by atoms with E-state index in [4.69, 9.17) is 10.00 Å². The third-order valence-corrected chi connectivity index (χ3v) is 4.16. The number of nitrogens with zero attached hydrogens (tertiary/aromatic N) is 2. The van der Waals surface area contributed by atoms with Crippen LogP contribution in [0.25, 0.3) is 0 Å². The second-order valence-corrected chi connectivity index (χ2v) is 6.28. The Balaban J connectivity index is 1.70. The van der Waals surface area contributed by atoms with Gasteiger partial charge in [0.25, 0.3) is 5.91 Å². The van der Waals surface area contributed by atoms with Gasteiger partial charge in [-0.05, 0) is 48.9 Å². The van der Waals surface area contributed by atoms with Crippen molar-refractivity contribution < 1.29 is 9.53 Å². The number of amides is 1. The Bertz CT molecular complexity index is 935. The van der Waals surface area contributed by atoms with Crippen LogP contribution in [-0.4, -0.2) is 12.0 Å². The number of ether oxygens (including phenoxy) is 1. The summed E-state index contributed by atoms with van der Waals surface area (Å²) in [6.45, 7) is 2.22. The molecule has 0 aliphatic heterocycles. The Labute approximate surface area is 164 Å². The molecule has 0 aliphatic rings. The number of anilines is 1. The topological polar surface area (TPSA) is 65.4 Å². The van der Waals surface area contributed by atoms with Gasteiger partial charge in [0.15, 0.2) is 6.10 Å². The van der Waals surface area contributed by atoms with Gasteiger partial charge in [-0.15, -0.1) is 0 Å². The number of hydrogen-bond acceptors (Lipinski definition) is 4. The molecular weight excluding hydrogens is 350 g/mol. The lowest BCUT2D eigenvalue weighted by Crippen LogP contribution is -2.47. The minimum atomic E-state index is -0.699. The predicted octanol–water partition coefficient (Wildman–Crippen LogP) is 4.06. The number of hydrazine groups is 1. The Morgan fingerprint density at radius 2 is 1.61 bits per heavy atom. The number of hydrogen-bond donors (Lipinski definition) is 1. The van der Waals surface area contributed by atoms with Crippen molar-refractivity contribution in [1.29, 1.82) is 5.26 Å². The largest absolute Gasteiger partial charge is 0.481 e. The first kappa shape index (κ1) is 19.0. The van der Waals surface area contributed by atoms with Crippen molar-refractivity contribution in [2.24, 2.45) is 0 Å². The van der Waals surface area contributed by atoms with E-state index in [0.29, 0.717) is 17.9 Å². The molecule has 1 N–H and O–H groups in total. The SMILES string of the molecule is C[C@H](Oc1ccc(C#N)cc1)C(=O)NN(Cc1ccccc1)c1ccccc1. The van der Waals surface area contributed by atoms with Gasteiger partial charge >= 0.3 is 0 Å². The first-order chi connectivity index (χ1) is 13.7. The Morgan fingerprint density at radius 1 is 1.00 bits per heavy atom. The van der Waals surface area contributed by atoms with Crippen LogP contribution in [0.2, 0.25) is 0 Å². The van der Waals surface area contributed by atoms with E-state index in [-0.39, 0.29) is 5.91 Å². The molecule has 0 saturated carbocycles. The number of nitrogens with one attached hydrogen (secondary N) is 1. The quantitative estimate of drug-likeness (QED) is 0.636. The van der Waals surface area contributed by atoms with Gasteiger partial charge in [-0.2, -0.15) is 5.26 Å². The fourth-order valence-electron chi connectivity index (χ4n) is 2.66. The van der Waals surface area contributed by atoms with Crippen molar-refractivity contribution in [2.45, 2.75) is 19.6 Å². The second kappa shape index (κ2) is 9.24. The third kappa shape index (κ3) is 5.12. The summed E-state index contributed by atoms with van der Waals surface area (Å²) in [7, 11) is 0. The van der Waals surface area contributed by atoms with Crippen LogP contribution in [0.4, 0.5) is 5.69 Å². The summed E-state index contributed by atoms with van der Waals surface area (Å²) in [6.07, 6.45) is -0.699. The van der Waals surface area contributed by atoms with Crippen LogP contribution >= 0.6 is 0 Å². The van der Waals surface area contributed by atoms with Crippen LogP contribution in [-0.2, 0) is 11.3 Å². The van der Waals surface area contributed by atoms with Crippen molar-refractivity contribution in [3.8, 4) is 11.8 Å². The van der Waals surface area contributed by atoms with Crippen LogP contribution in [0.5, 0.6) is 5.75 Å². The summed E-state index contributed by atoms with van der Waals surface area (Å²) in [5.74, 6) is 0.278. The molecule has 1 atom stereocenters. The molecule has 0 heterocycles. The zero-order valence-electron chi connectivity index (χ0n) is 15.6. The molecule has 0 aliphatic carbocycles. The molecule has 0 fully saturated rings. The summed E-state index contributed by atoms with van der Waals surface area (Å²) in [6, 6.07) is 28.3. The third-order valence-electron chi connectivity index (χ3n) is 4.16. The number of nitriles is 1. The molecule has 0 spiro atoms. The predicted molar refractivity (Wildman–Crippen MR) is 108 cm³/mol. The minimum Gasteiger partial charge on any atom is -0.481 e. The van der Waals surface area contributed by atoms with Gasteiger partial charge in [-0.1, -0.05) is 48.5 Å². The Hall–Kier alpha value is -3.78. The summed E-state index contributed by atoms with van der Waals surface area (Å²) < 4.78 is 5.71. The average molecular weight is 371 g/mol. The smallest absolute Gasteiger partial charge is 0.279 e. The van der Waals surface area contributed by atoms with E-state index in [1.807, 2.05) is 60.7 Å². The summed E-state index contributed by atoms with van der Waals surface area (Å²) in [5, 5.41) is 10.7. The van der Waals surface area contributed by atoms with Gasteiger partial charge in [-0.3, -0.25) is 15.2 Å². The van der Waals surface area contributed by atoms with Crippen LogP contribution in [0, 0.1) is 11.3 Å². The number of carbonyl (C=O) groups excluding carboxylic acids is 1. The van der Waals surface area contributed by atoms with Gasteiger partial charge < -0.3 is 4.74 Å². The van der Waals surface area contributed by atoms with E-state index in [0.717, 1.165) is 11.3 Å². The van der Waals surface area contributed by atoms with Crippen LogP contribution in [0.1, 0.15) is 18.1 Å². The molecule has 0 unspecified atom stereocenters. The van der Waals surface area contributed by atoms with Crippen LogP contribution < -0.4 is 15.2 Å². The number of para-hydroxylation sites is 1. The lowest BCUT2D eigenvalue weighted by Gasteiger charge is -2.27. The summed E-state index contributed by atoms with van der Waals surface area (Å²) in [4.78, 5) is 12.7. The zero-order chi connectivity index (χ0) is 19.8. The fourth-order valence-corrected chi connectivity index (χ4v) is 2.66. The van der Waals surface area contributed by atoms with Gasteiger partial charge in [0.1, 0.15) is 5.75 Å². The maximum absolute atomic E-state index is 12.7. The first-order valence-electron chi connectivity index (χ1n) is 8.99. The normalized spacial score (nSPS) is 11.1. The van der Waals surface area contributed by atoms with E-state index in [1.165, 1.54) is 0 Å². The maximum atomic E-state index is 12.7. The van der Waals surface area contributed by atoms with Crippen molar-refractivity contribution in [3.63, 3.8) is 0 Å². The van der Waals surface area contributed by atoms with Gasteiger partial charge in [-0.25, -0.2) is 0 Å². The molecule has 3 aromatic rings. The van der Waals surface area contributed by atoms with Gasteiger partial charge in [0.05, 0.1) is 23.9 Å². The highest BCUT2D eigenvalue weighted by atomic mass is 16.5. The second-order valence-electron chi connectivity index (χ2n) is 6.28. The van der Waals surface area contributed by atoms with E-state index in [2.05, 4.69) is 11.5 Å². The summed E-state index contributed by atoms with van der Waals surface area (Å²) >= 11 is 0. The van der Waals surface area contributed by atoms with Gasteiger partial charge in [0.2, 0.25) is 0 Å². The lowest BCUT2D eigenvalue weighted by atomic mass is 10.2. The molecule has 5 heteroatoms. The van der Waals surface area contributed by atoms with E-state index in [9.17, 15) is 4.79 Å². The molecule has 28 heavy (non-hydrogen) atoms. The standard InChI is InChI=1S/C23H21N3O2/c1-18(28-22-14-12-19(16-24)13-15-22)23(27)25-26(21-10-6-3-7-11-21)17-20-8-4-2-5-9-20/h2-15,18H,17H2,1H3,(H,25,27)/t18-/m0/s1. The molecule has 0 bridgehead atoms. The molecule has 140 valence electrons. The molecular formula is C23H21N3O2.